The first-order valence-corrected chi connectivity index (χ1v) is 9.06. The molecule has 1 atom stereocenters. The largest absolute Gasteiger partial charge is 0.459 e. The number of carbonyl (C=O) groups is 1. The molecule has 1 aromatic carbocycles. The average molecular weight is 366 g/mol. The number of carbonyl (C=O) groups excluding carboxylic acids is 1. The lowest BCUT2D eigenvalue weighted by Crippen LogP contribution is -2.39. The third-order valence-electron chi connectivity index (χ3n) is 4.87. The van der Waals surface area contributed by atoms with Gasteiger partial charge in [0.1, 0.15) is 0 Å². The van der Waals surface area contributed by atoms with Gasteiger partial charge in [-0.1, -0.05) is 5.16 Å². The molecule has 0 saturated carbocycles. The summed E-state index contributed by atoms with van der Waals surface area (Å²) in [6.45, 7) is 1.27. The van der Waals surface area contributed by atoms with Gasteiger partial charge in [0.25, 0.3) is 5.91 Å². The first-order chi connectivity index (χ1) is 13.1. The van der Waals surface area contributed by atoms with Crippen molar-refractivity contribution in [1.82, 2.24) is 15.0 Å². The molecule has 3 aromatic rings. The van der Waals surface area contributed by atoms with Gasteiger partial charge in [0.2, 0.25) is 11.7 Å². The Bertz CT molecular complexity index is 900. The molecule has 0 spiro atoms. The summed E-state index contributed by atoms with van der Waals surface area (Å²) >= 11 is 0. The van der Waals surface area contributed by atoms with E-state index in [9.17, 15) is 4.79 Å². The third-order valence-corrected chi connectivity index (χ3v) is 4.87. The van der Waals surface area contributed by atoms with E-state index in [1.165, 1.54) is 6.26 Å². The van der Waals surface area contributed by atoms with Gasteiger partial charge in [-0.3, -0.25) is 4.79 Å². The molecule has 140 valence electrons. The van der Waals surface area contributed by atoms with Crippen LogP contribution in [-0.2, 0) is 0 Å². The fraction of sp³-hybridized carbons (Fsp3) is 0.350. The molecule has 7 nitrogen and oxygen atoms in total. The van der Waals surface area contributed by atoms with Crippen molar-refractivity contribution >= 4 is 11.6 Å². The van der Waals surface area contributed by atoms with Gasteiger partial charge in [0.15, 0.2) is 5.76 Å². The summed E-state index contributed by atoms with van der Waals surface area (Å²) in [5.74, 6) is 1.47. The number of rotatable bonds is 4. The topological polar surface area (TPSA) is 75.6 Å². The Morgan fingerprint density at radius 2 is 2.04 bits per heavy atom. The second-order valence-corrected chi connectivity index (χ2v) is 6.97. The summed E-state index contributed by atoms with van der Waals surface area (Å²) in [4.78, 5) is 20.9. The van der Waals surface area contributed by atoms with E-state index in [4.69, 9.17) is 8.94 Å². The molecule has 2 aromatic heterocycles. The zero-order valence-electron chi connectivity index (χ0n) is 15.5. The number of piperidine rings is 1. The lowest BCUT2D eigenvalue weighted by molar-refractivity contribution is 0.0663. The molecular weight excluding hydrogens is 344 g/mol. The summed E-state index contributed by atoms with van der Waals surface area (Å²) < 4.78 is 10.8. The minimum Gasteiger partial charge on any atom is -0.459 e. The Morgan fingerprint density at radius 3 is 2.74 bits per heavy atom. The number of hydrogen-bond acceptors (Lipinski definition) is 6. The van der Waals surface area contributed by atoms with Gasteiger partial charge in [-0.05, 0) is 49.2 Å². The molecule has 7 heteroatoms. The predicted molar refractivity (Wildman–Crippen MR) is 101 cm³/mol. The molecule has 1 amide bonds. The van der Waals surface area contributed by atoms with Gasteiger partial charge in [0.05, 0.1) is 12.2 Å². The molecule has 1 unspecified atom stereocenters. The van der Waals surface area contributed by atoms with Gasteiger partial charge < -0.3 is 18.7 Å². The molecule has 4 rings (SSSR count). The van der Waals surface area contributed by atoms with Gasteiger partial charge in [-0.15, -0.1) is 0 Å². The van der Waals surface area contributed by atoms with Crippen LogP contribution >= 0.6 is 0 Å². The fourth-order valence-corrected chi connectivity index (χ4v) is 3.35. The molecule has 1 saturated heterocycles. The molecule has 0 aliphatic carbocycles. The highest BCUT2D eigenvalue weighted by Crippen LogP contribution is 2.29. The summed E-state index contributed by atoms with van der Waals surface area (Å²) in [6.07, 6.45) is 3.33. The van der Waals surface area contributed by atoms with Crippen molar-refractivity contribution < 1.29 is 13.7 Å². The van der Waals surface area contributed by atoms with Crippen LogP contribution in [0.25, 0.3) is 11.4 Å². The maximum absolute atomic E-state index is 12.5. The van der Waals surface area contributed by atoms with E-state index < -0.39 is 0 Å². The molecule has 0 radical (unpaired) electrons. The molecule has 0 N–H and O–H groups in total. The quantitative estimate of drug-likeness (QED) is 0.704. The highest BCUT2D eigenvalue weighted by atomic mass is 16.5. The standard InChI is InChI=1S/C20H22N4O3/c1-23(2)16-9-7-14(8-10-16)18-21-19(27-22-18)15-5-3-11-24(13-15)20(25)17-6-4-12-26-17/h4,6-10,12,15H,3,5,11,13H2,1-2H3. The van der Waals surface area contributed by atoms with Crippen molar-refractivity contribution in [3.05, 3.63) is 54.3 Å². The first-order valence-electron chi connectivity index (χ1n) is 9.06. The Balaban J connectivity index is 1.48. The molecule has 1 fully saturated rings. The molecule has 27 heavy (non-hydrogen) atoms. The molecule has 1 aliphatic heterocycles. The summed E-state index contributed by atoms with van der Waals surface area (Å²) in [7, 11) is 4.00. The van der Waals surface area contributed by atoms with Crippen LogP contribution in [0.5, 0.6) is 0 Å². The molecule has 0 bridgehead atoms. The van der Waals surface area contributed by atoms with E-state index in [0.717, 1.165) is 24.1 Å². The Kier molecular flexibility index (Phi) is 4.66. The van der Waals surface area contributed by atoms with Gasteiger partial charge >= 0.3 is 0 Å². The monoisotopic (exact) mass is 366 g/mol. The summed E-state index contributed by atoms with van der Waals surface area (Å²) in [5.41, 5.74) is 2.02. The highest BCUT2D eigenvalue weighted by Gasteiger charge is 2.30. The maximum Gasteiger partial charge on any atom is 0.289 e. The average Bonchev–Trinajstić information content (AvgIpc) is 3.40. The Labute approximate surface area is 157 Å². The van der Waals surface area contributed by atoms with E-state index in [2.05, 4.69) is 10.1 Å². The van der Waals surface area contributed by atoms with Crippen LogP contribution in [0.3, 0.4) is 0 Å². The van der Waals surface area contributed by atoms with Gasteiger partial charge in [-0.25, -0.2) is 0 Å². The number of hydrogen-bond donors (Lipinski definition) is 0. The minimum atomic E-state index is -0.0938. The SMILES string of the molecule is CN(C)c1ccc(-c2noc(C3CCCN(C(=O)c4ccco4)C3)n2)cc1. The van der Waals surface area contributed by atoms with E-state index in [-0.39, 0.29) is 11.8 Å². The second-order valence-electron chi connectivity index (χ2n) is 6.97. The van der Waals surface area contributed by atoms with Crippen molar-refractivity contribution in [2.45, 2.75) is 18.8 Å². The highest BCUT2D eigenvalue weighted by molar-refractivity contribution is 5.91. The summed E-state index contributed by atoms with van der Waals surface area (Å²) in [5, 5.41) is 4.13. The fourth-order valence-electron chi connectivity index (χ4n) is 3.35. The van der Waals surface area contributed by atoms with Crippen LogP contribution < -0.4 is 4.90 Å². The number of likely N-dealkylation sites (tertiary alicyclic amines) is 1. The lowest BCUT2D eigenvalue weighted by atomic mass is 9.97. The number of benzene rings is 1. The van der Waals surface area contributed by atoms with Crippen LogP contribution in [0.4, 0.5) is 5.69 Å². The van der Waals surface area contributed by atoms with Crippen molar-refractivity contribution in [3.63, 3.8) is 0 Å². The Hall–Kier alpha value is -3.09. The van der Waals surface area contributed by atoms with Crippen molar-refractivity contribution in [1.29, 1.82) is 0 Å². The number of furan rings is 1. The van der Waals surface area contributed by atoms with Crippen molar-refractivity contribution in [3.8, 4) is 11.4 Å². The first kappa shape index (κ1) is 17.3. The van der Waals surface area contributed by atoms with Crippen LogP contribution in [0.2, 0.25) is 0 Å². The molecule has 1 aliphatic rings. The normalized spacial score (nSPS) is 17.1. The van der Waals surface area contributed by atoms with Crippen LogP contribution in [0.15, 0.2) is 51.6 Å². The van der Waals surface area contributed by atoms with Gasteiger partial charge in [0, 0.05) is 38.4 Å². The van der Waals surface area contributed by atoms with E-state index in [1.807, 2.05) is 43.3 Å². The minimum absolute atomic E-state index is 0.0416. The molecular formula is C20H22N4O3. The lowest BCUT2D eigenvalue weighted by Gasteiger charge is -2.30. The van der Waals surface area contributed by atoms with E-state index in [1.54, 1.807) is 17.0 Å². The Morgan fingerprint density at radius 1 is 1.22 bits per heavy atom. The zero-order valence-corrected chi connectivity index (χ0v) is 15.5. The van der Waals surface area contributed by atoms with Crippen molar-refractivity contribution in [2.75, 3.05) is 32.1 Å². The van der Waals surface area contributed by atoms with Gasteiger partial charge in [-0.2, -0.15) is 4.98 Å². The second kappa shape index (κ2) is 7.26. The van der Waals surface area contributed by atoms with Crippen molar-refractivity contribution in [2.24, 2.45) is 0 Å². The van der Waals surface area contributed by atoms with E-state index >= 15 is 0 Å². The predicted octanol–water partition coefficient (Wildman–Crippen LogP) is 3.42. The zero-order chi connectivity index (χ0) is 18.8. The number of nitrogens with zero attached hydrogens (tertiary/aromatic N) is 4. The number of aromatic nitrogens is 2. The maximum atomic E-state index is 12.5. The number of amides is 1. The summed E-state index contributed by atoms with van der Waals surface area (Å²) in [6, 6.07) is 11.4. The van der Waals surface area contributed by atoms with E-state index in [0.29, 0.717) is 30.6 Å². The van der Waals surface area contributed by atoms with Crippen LogP contribution in [0.1, 0.15) is 35.2 Å². The molecule has 3 heterocycles. The van der Waals surface area contributed by atoms with Crippen LogP contribution in [-0.4, -0.2) is 48.1 Å². The third kappa shape index (κ3) is 3.58. The number of anilines is 1. The van der Waals surface area contributed by atoms with Crippen LogP contribution in [0, 0.1) is 0 Å². The smallest absolute Gasteiger partial charge is 0.289 e.